The van der Waals surface area contributed by atoms with Crippen LogP contribution in [0.2, 0.25) is 0 Å². The third-order valence-corrected chi connectivity index (χ3v) is 6.37. The minimum absolute atomic E-state index is 0.811. The quantitative estimate of drug-likeness (QED) is 0.610. The van der Waals surface area contributed by atoms with E-state index in [1.807, 2.05) is 20.0 Å². The van der Waals surface area contributed by atoms with Gasteiger partial charge < -0.3 is 0 Å². The van der Waals surface area contributed by atoms with Crippen molar-refractivity contribution in [1.29, 1.82) is 0 Å². The van der Waals surface area contributed by atoms with E-state index >= 15 is 0 Å². The van der Waals surface area contributed by atoms with Gasteiger partial charge >= 0.3 is 85.9 Å². The SMILES string of the molecule is C1CCc2c([se]c3c2CCCC3)C1. The van der Waals surface area contributed by atoms with Crippen LogP contribution in [-0.4, -0.2) is 14.5 Å². The molecule has 0 amide bonds. The van der Waals surface area contributed by atoms with Crippen molar-refractivity contribution in [3.8, 4) is 0 Å². The van der Waals surface area contributed by atoms with E-state index in [0.29, 0.717) is 0 Å². The Kier molecular flexibility index (Phi) is 2.11. The predicted octanol–water partition coefficient (Wildman–Crippen LogP) is 2.50. The van der Waals surface area contributed by atoms with Gasteiger partial charge in [-0.3, -0.25) is 0 Å². The molecule has 3 rings (SSSR count). The second kappa shape index (κ2) is 3.29. The molecule has 0 fully saturated rings. The monoisotopic (exact) mass is 240 g/mol. The first-order valence-corrected chi connectivity index (χ1v) is 7.29. The van der Waals surface area contributed by atoms with Crippen LogP contribution in [0, 0.1) is 0 Å². The third kappa shape index (κ3) is 1.33. The van der Waals surface area contributed by atoms with E-state index in [4.69, 9.17) is 0 Å². The zero-order valence-electron chi connectivity index (χ0n) is 8.07. The van der Waals surface area contributed by atoms with Crippen molar-refractivity contribution in [1.82, 2.24) is 0 Å². The summed E-state index contributed by atoms with van der Waals surface area (Å²) in [4.78, 5) is 0. The molecule has 0 saturated heterocycles. The normalized spacial score (nSPS) is 20.9. The molecular formula is C12H16Se. The summed E-state index contributed by atoms with van der Waals surface area (Å²) in [5, 5.41) is 0. The number of aryl methyl sites for hydroxylation is 2. The summed E-state index contributed by atoms with van der Waals surface area (Å²) in [6.07, 6.45) is 11.6. The molecule has 1 heterocycles. The molecule has 0 saturated carbocycles. The van der Waals surface area contributed by atoms with Crippen molar-refractivity contribution in [2.75, 3.05) is 0 Å². The molecular weight excluding hydrogens is 223 g/mol. The molecule has 1 aromatic heterocycles. The van der Waals surface area contributed by atoms with Crippen LogP contribution in [0.4, 0.5) is 0 Å². The maximum atomic E-state index is 1.89. The summed E-state index contributed by atoms with van der Waals surface area (Å²) in [6.45, 7) is 0. The second-order valence-corrected chi connectivity index (χ2v) is 6.82. The zero-order chi connectivity index (χ0) is 8.67. The molecule has 0 atom stereocenters. The van der Waals surface area contributed by atoms with Gasteiger partial charge in [0.25, 0.3) is 0 Å². The van der Waals surface area contributed by atoms with E-state index in [1.54, 1.807) is 0 Å². The standard InChI is InChI=1S/C12H16Se/c1-3-7-11-9(5-1)10-6-2-4-8-12(10)13-11/h1-8H2. The van der Waals surface area contributed by atoms with E-state index in [2.05, 4.69) is 0 Å². The van der Waals surface area contributed by atoms with E-state index in [-0.39, 0.29) is 0 Å². The molecule has 1 aromatic rings. The van der Waals surface area contributed by atoms with Crippen LogP contribution < -0.4 is 0 Å². The molecule has 70 valence electrons. The van der Waals surface area contributed by atoms with E-state index < -0.39 is 0 Å². The predicted molar refractivity (Wildman–Crippen MR) is 56.7 cm³/mol. The topological polar surface area (TPSA) is 0 Å². The Balaban J connectivity index is 2.09. The fraction of sp³-hybridized carbons (Fsp3) is 0.667. The molecule has 0 aromatic carbocycles. The molecule has 0 spiro atoms. The van der Waals surface area contributed by atoms with Gasteiger partial charge in [-0.15, -0.1) is 0 Å². The van der Waals surface area contributed by atoms with E-state index in [9.17, 15) is 0 Å². The molecule has 0 N–H and O–H groups in total. The van der Waals surface area contributed by atoms with Crippen LogP contribution in [0.25, 0.3) is 0 Å². The Morgan fingerprint density at radius 3 is 1.62 bits per heavy atom. The molecule has 2 aliphatic carbocycles. The van der Waals surface area contributed by atoms with E-state index in [1.165, 1.54) is 51.4 Å². The number of fused-ring (bicyclic) bond motifs is 3. The Labute approximate surface area is 86.1 Å². The number of hydrogen-bond donors (Lipinski definition) is 0. The Bertz CT molecular complexity index is 292. The molecule has 0 aliphatic heterocycles. The molecule has 1 heteroatoms. The summed E-state index contributed by atoms with van der Waals surface area (Å²) in [5.41, 5.74) is 3.70. The van der Waals surface area contributed by atoms with Crippen LogP contribution in [0.1, 0.15) is 45.7 Å². The first-order chi connectivity index (χ1) is 6.45. The van der Waals surface area contributed by atoms with Gasteiger partial charge in [0.1, 0.15) is 0 Å². The fourth-order valence-electron chi connectivity index (χ4n) is 2.77. The second-order valence-electron chi connectivity index (χ2n) is 4.32. The Morgan fingerprint density at radius 1 is 0.615 bits per heavy atom. The van der Waals surface area contributed by atoms with Crippen LogP contribution in [0.15, 0.2) is 0 Å². The zero-order valence-corrected chi connectivity index (χ0v) is 9.78. The van der Waals surface area contributed by atoms with Gasteiger partial charge in [-0.05, 0) is 0 Å². The van der Waals surface area contributed by atoms with Gasteiger partial charge in [0.05, 0.1) is 0 Å². The molecule has 0 unspecified atom stereocenters. The van der Waals surface area contributed by atoms with Crippen molar-refractivity contribution in [2.45, 2.75) is 51.4 Å². The van der Waals surface area contributed by atoms with Crippen molar-refractivity contribution >= 4 is 14.5 Å². The third-order valence-electron chi connectivity index (χ3n) is 3.45. The molecule has 0 nitrogen and oxygen atoms in total. The number of hydrogen-bond acceptors (Lipinski definition) is 0. The van der Waals surface area contributed by atoms with Gasteiger partial charge in [-0.1, -0.05) is 0 Å². The van der Waals surface area contributed by atoms with Crippen LogP contribution in [0.3, 0.4) is 0 Å². The first-order valence-electron chi connectivity index (χ1n) is 5.57. The van der Waals surface area contributed by atoms with Gasteiger partial charge in [-0.25, -0.2) is 0 Å². The van der Waals surface area contributed by atoms with E-state index in [0.717, 1.165) is 14.5 Å². The Morgan fingerprint density at radius 2 is 1.08 bits per heavy atom. The molecule has 0 bridgehead atoms. The molecule has 2 aliphatic rings. The van der Waals surface area contributed by atoms with Crippen molar-refractivity contribution in [2.24, 2.45) is 0 Å². The van der Waals surface area contributed by atoms with Crippen molar-refractivity contribution < 1.29 is 0 Å². The fourth-order valence-corrected chi connectivity index (χ4v) is 5.89. The van der Waals surface area contributed by atoms with Crippen LogP contribution in [-0.2, 0) is 25.7 Å². The summed E-state index contributed by atoms with van der Waals surface area (Å²) < 4.78 is 3.79. The summed E-state index contributed by atoms with van der Waals surface area (Å²) >= 11 is 0.811. The van der Waals surface area contributed by atoms with Gasteiger partial charge in [0.15, 0.2) is 0 Å². The molecule has 13 heavy (non-hydrogen) atoms. The first kappa shape index (κ1) is 8.32. The summed E-state index contributed by atoms with van der Waals surface area (Å²) in [7, 11) is 0. The summed E-state index contributed by atoms with van der Waals surface area (Å²) in [6, 6.07) is 0. The van der Waals surface area contributed by atoms with Crippen LogP contribution in [0.5, 0.6) is 0 Å². The average Bonchev–Trinajstić information content (AvgIpc) is 2.56. The van der Waals surface area contributed by atoms with Gasteiger partial charge in [0, 0.05) is 0 Å². The van der Waals surface area contributed by atoms with Crippen molar-refractivity contribution in [3.05, 3.63) is 20.0 Å². The minimum atomic E-state index is 0.811. The number of rotatable bonds is 0. The van der Waals surface area contributed by atoms with Crippen LogP contribution >= 0.6 is 0 Å². The average molecular weight is 239 g/mol. The van der Waals surface area contributed by atoms with Gasteiger partial charge in [0.2, 0.25) is 0 Å². The van der Waals surface area contributed by atoms with Crippen molar-refractivity contribution in [3.63, 3.8) is 0 Å². The Hall–Kier alpha value is -0.000519. The van der Waals surface area contributed by atoms with Gasteiger partial charge in [-0.2, -0.15) is 0 Å². The summed E-state index contributed by atoms with van der Waals surface area (Å²) in [5.74, 6) is 0. The molecule has 0 radical (unpaired) electrons. The maximum absolute atomic E-state index is 1.89.